The predicted molar refractivity (Wildman–Crippen MR) is 70.0 cm³/mol. The quantitative estimate of drug-likeness (QED) is 0.692. The van der Waals surface area contributed by atoms with Gasteiger partial charge in [-0.15, -0.1) is 0 Å². The van der Waals surface area contributed by atoms with E-state index in [-0.39, 0.29) is 5.82 Å². The van der Waals surface area contributed by atoms with Crippen molar-refractivity contribution in [3.05, 3.63) is 39.2 Å². The van der Waals surface area contributed by atoms with Crippen molar-refractivity contribution < 1.29 is 4.39 Å². The summed E-state index contributed by atoms with van der Waals surface area (Å²) in [5.74, 6) is -0.164. The second-order valence-corrected chi connectivity index (χ2v) is 7.29. The van der Waals surface area contributed by atoms with Gasteiger partial charge in [0.15, 0.2) is 0 Å². The van der Waals surface area contributed by atoms with Gasteiger partial charge in [-0.3, -0.25) is 0 Å². The molecule has 0 saturated carbocycles. The van der Waals surface area contributed by atoms with Crippen molar-refractivity contribution in [2.75, 3.05) is 0 Å². The average molecular weight is 409 g/mol. The molecule has 0 bridgehead atoms. The number of rotatable bonds is 2. The van der Waals surface area contributed by atoms with Crippen LogP contribution in [0.1, 0.15) is 0 Å². The van der Waals surface area contributed by atoms with Crippen molar-refractivity contribution in [3.8, 4) is 0 Å². The van der Waals surface area contributed by atoms with Gasteiger partial charge in [0, 0.05) is 0 Å². The molecule has 0 fully saturated rings. The summed E-state index contributed by atoms with van der Waals surface area (Å²) in [5, 5.41) is 4.12. The number of aromatic nitrogens is 2. The van der Waals surface area contributed by atoms with E-state index in [9.17, 15) is 4.39 Å². The third-order valence-corrected chi connectivity index (χ3v) is 6.56. The Bertz CT molecular complexity index is 508. The van der Waals surface area contributed by atoms with E-state index in [0.29, 0.717) is 0 Å². The van der Waals surface area contributed by atoms with Gasteiger partial charge in [-0.2, -0.15) is 0 Å². The fourth-order valence-electron chi connectivity index (χ4n) is 1.22. The Balaban J connectivity index is 2.34. The van der Waals surface area contributed by atoms with Crippen LogP contribution in [-0.2, 0) is 7.05 Å². The molecule has 1 aromatic carbocycles. The van der Waals surface area contributed by atoms with Crippen LogP contribution in [-0.4, -0.2) is 25.5 Å². The average Bonchev–Trinajstić information content (AvgIpc) is 2.53. The topological polar surface area (TPSA) is 17.8 Å². The number of nitrogens with zero attached hydrogens (tertiary/aromatic N) is 2. The van der Waals surface area contributed by atoms with Gasteiger partial charge in [0.1, 0.15) is 0 Å². The molecule has 6 heteroatoms. The Labute approximate surface area is 116 Å². The van der Waals surface area contributed by atoms with Crippen LogP contribution in [0.25, 0.3) is 0 Å². The van der Waals surface area contributed by atoms with Crippen molar-refractivity contribution in [1.29, 1.82) is 0 Å². The fourth-order valence-corrected chi connectivity index (χ4v) is 4.27. The van der Waals surface area contributed by atoms with Gasteiger partial charge in [-0.05, 0) is 0 Å². The maximum absolute atomic E-state index is 13.7. The molecule has 2 aromatic rings. The number of hydrogen-bond acceptors (Lipinski definition) is 1. The number of halogens is 3. The zero-order valence-electron chi connectivity index (χ0n) is 8.28. The molecule has 0 aliphatic carbocycles. The molecule has 0 aliphatic heterocycles. The van der Waals surface area contributed by atoms with Crippen LogP contribution in [0.4, 0.5) is 4.39 Å². The fraction of sp³-hybridized carbons (Fsp3) is 0.100. The van der Waals surface area contributed by atoms with Gasteiger partial charge < -0.3 is 0 Å². The van der Waals surface area contributed by atoms with Crippen LogP contribution < -0.4 is 8.83 Å². The molecule has 0 saturated heterocycles. The summed E-state index contributed by atoms with van der Waals surface area (Å²) in [6.45, 7) is 0. The van der Waals surface area contributed by atoms with Crippen molar-refractivity contribution in [1.82, 2.24) is 9.78 Å². The molecule has 0 aliphatic rings. The molecule has 16 heavy (non-hydrogen) atoms. The summed E-state index contributed by atoms with van der Waals surface area (Å²) >= 11 is 6.27. The van der Waals surface area contributed by atoms with E-state index in [0.717, 1.165) is 17.8 Å². The molecule has 1 aromatic heterocycles. The van der Waals surface area contributed by atoms with E-state index in [1.165, 1.54) is 6.07 Å². The van der Waals surface area contributed by atoms with Crippen molar-refractivity contribution in [2.24, 2.45) is 7.05 Å². The molecule has 0 atom stereocenters. The van der Waals surface area contributed by atoms with Gasteiger partial charge >= 0.3 is 117 Å². The summed E-state index contributed by atoms with van der Waals surface area (Å²) in [6.07, 6.45) is 1.74. The van der Waals surface area contributed by atoms with Gasteiger partial charge in [0.25, 0.3) is 0 Å². The Morgan fingerprint density at radius 1 is 1.38 bits per heavy atom. The summed E-state index contributed by atoms with van der Waals surface area (Å²) in [7, 11) is 1.87. The summed E-state index contributed by atoms with van der Waals surface area (Å²) in [4.78, 5) is 0. The van der Waals surface area contributed by atoms with Crippen LogP contribution in [0, 0.1) is 5.82 Å². The van der Waals surface area contributed by atoms with E-state index in [1.54, 1.807) is 10.9 Å². The molecule has 0 amide bonds. The number of aryl methyl sites for hydroxylation is 1. The van der Waals surface area contributed by atoms with Crippen LogP contribution >= 0.6 is 31.9 Å². The molecule has 1 heterocycles. The zero-order valence-corrected chi connectivity index (χ0v) is 13.3. The molecule has 1 radical (unpaired) electrons. The zero-order chi connectivity index (χ0) is 11.7. The molecule has 83 valence electrons. The molecule has 0 N–H and O–H groups in total. The third-order valence-electron chi connectivity index (χ3n) is 2.00. The van der Waals surface area contributed by atoms with Gasteiger partial charge in [0.2, 0.25) is 0 Å². The maximum atomic E-state index is 13.7. The van der Waals surface area contributed by atoms with Crippen LogP contribution in [0.3, 0.4) is 0 Å². The minimum atomic E-state index is -0.395. The van der Waals surface area contributed by atoms with E-state index < -0.39 is 15.8 Å². The number of benzene rings is 1. The molecule has 2 rings (SSSR count). The van der Waals surface area contributed by atoms with Crippen LogP contribution in [0.5, 0.6) is 0 Å². The van der Waals surface area contributed by atoms with Crippen LogP contribution in [0.15, 0.2) is 33.3 Å². The van der Waals surface area contributed by atoms with Gasteiger partial charge in [-0.25, -0.2) is 0 Å². The SMILES string of the molecule is Cn1ncc(Br)c1[As]c1ccc(Br)cc1F. The third kappa shape index (κ3) is 2.58. The second kappa shape index (κ2) is 5.03. The molecular formula is C10H7AsBr2FN2. The molecule has 0 unspecified atom stereocenters. The first-order chi connectivity index (χ1) is 7.58. The predicted octanol–water partition coefficient (Wildman–Crippen LogP) is 1.74. The van der Waals surface area contributed by atoms with Crippen molar-refractivity contribution >= 4 is 56.4 Å². The van der Waals surface area contributed by atoms with Crippen molar-refractivity contribution in [3.63, 3.8) is 0 Å². The molecular weight excluding hydrogens is 402 g/mol. The van der Waals surface area contributed by atoms with Gasteiger partial charge in [-0.1, -0.05) is 0 Å². The van der Waals surface area contributed by atoms with Crippen molar-refractivity contribution in [2.45, 2.75) is 0 Å². The number of hydrogen-bond donors (Lipinski definition) is 0. The first-order valence-corrected chi connectivity index (χ1v) is 7.88. The Kier molecular flexibility index (Phi) is 3.88. The molecule has 2 nitrogen and oxygen atoms in total. The van der Waals surface area contributed by atoms with E-state index in [1.807, 2.05) is 19.2 Å². The second-order valence-electron chi connectivity index (χ2n) is 3.15. The molecule has 0 spiro atoms. The van der Waals surface area contributed by atoms with E-state index in [2.05, 4.69) is 37.0 Å². The standard InChI is InChI=1S/C10H7AsBr2FN2/c1-16-10(8(13)5-15-16)11-7-3-2-6(12)4-9(7)14/h2-5H,1H3. The van der Waals surface area contributed by atoms with E-state index >= 15 is 0 Å². The summed E-state index contributed by atoms with van der Waals surface area (Å²) < 4.78 is 18.9. The minimum absolute atomic E-state index is 0.164. The Morgan fingerprint density at radius 2 is 2.12 bits per heavy atom. The first kappa shape index (κ1) is 12.3. The summed E-state index contributed by atoms with van der Waals surface area (Å²) in [6, 6.07) is 5.17. The normalized spacial score (nSPS) is 11.5. The Hall–Kier alpha value is -0.122. The monoisotopic (exact) mass is 407 g/mol. The first-order valence-electron chi connectivity index (χ1n) is 4.42. The van der Waals surface area contributed by atoms with Crippen LogP contribution in [0.2, 0.25) is 0 Å². The Morgan fingerprint density at radius 3 is 2.69 bits per heavy atom. The van der Waals surface area contributed by atoms with E-state index in [4.69, 9.17) is 0 Å². The summed E-state index contributed by atoms with van der Waals surface area (Å²) in [5.41, 5.74) is 0. The van der Waals surface area contributed by atoms with Gasteiger partial charge in [0.05, 0.1) is 0 Å².